The highest BCUT2D eigenvalue weighted by Gasteiger charge is 2.32. The summed E-state index contributed by atoms with van der Waals surface area (Å²) in [5, 5.41) is 0. The molecule has 1 amide bonds. The summed E-state index contributed by atoms with van der Waals surface area (Å²) in [6.07, 6.45) is 5.58. The molecule has 2 aromatic rings. The largest absolute Gasteiger partial charge is 0.378 e. The molecule has 1 saturated carbocycles. The number of carbonyl (C=O) groups is 1. The minimum atomic E-state index is -0.245. The number of ether oxygens (including phenoxy) is 1. The van der Waals surface area contributed by atoms with Crippen LogP contribution < -0.4 is 4.90 Å². The second-order valence-electron chi connectivity index (χ2n) is 8.79. The van der Waals surface area contributed by atoms with Crippen LogP contribution in [-0.2, 0) is 28.9 Å². The molecule has 0 atom stereocenters. The molecule has 5 rings (SSSR count). The van der Waals surface area contributed by atoms with Crippen LogP contribution >= 0.6 is 0 Å². The molecule has 3 heterocycles. The number of benzene rings is 1. The number of amides is 1. The number of carbonyl (C=O) groups excluding carboxylic acids is 1. The van der Waals surface area contributed by atoms with Gasteiger partial charge in [0.2, 0.25) is 5.91 Å². The first kappa shape index (κ1) is 20.4. The summed E-state index contributed by atoms with van der Waals surface area (Å²) in [5.41, 5.74) is 2.96. The van der Waals surface area contributed by atoms with E-state index in [0.717, 1.165) is 67.8 Å². The summed E-state index contributed by atoms with van der Waals surface area (Å²) in [6, 6.07) is 6.62. The van der Waals surface area contributed by atoms with Gasteiger partial charge in [-0.25, -0.2) is 14.4 Å². The number of morpholine rings is 1. The van der Waals surface area contributed by atoms with Crippen LogP contribution in [0, 0.1) is 11.7 Å². The molecule has 6 nitrogen and oxygen atoms in total. The Morgan fingerprint density at radius 2 is 1.94 bits per heavy atom. The molecular formula is C24H29FN4O2. The topological polar surface area (TPSA) is 58.6 Å². The normalized spacial score (nSPS) is 19.5. The van der Waals surface area contributed by atoms with Crippen LogP contribution in [0.15, 0.2) is 24.3 Å². The van der Waals surface area contributed by atoms with Crippen LogP contribution in [0.5, 0.6) is 0 Å². The van der Waals surface area contributed by atoms with Gasteiger partial charge in [0.1, 0.15) is 17.5 Å². The first-order chi connectivity index (χ1) is 15.2. The fourth-order valence-electron chi connectivity index (χ4n) is 5.01. The van der Waals surface area contributed by atoms with Gasteiger partial charge in [0.25, 0.3) is 0 Å². The number of aromatic nitrogens is 2. The molecule has 7 heteroatoms. The molecule has 31 heavy (non-hydrogen) atoms. The van der Waals surface area contributed by atoms with E-state index in [1.165, 1.54) is 6.07 Å². The average Bonchev–Trinajstić information content (AvgIpc) is 3.33. The van der Waals surface area contributed by atoms with E-state index in [1.807, 2.05) is 11.0 Å². The fourth-order valence-corrected chi connectivity index (χ4v) is 5.01. The third-order valence-corrected chi connectivity index (χ3v) is 6.66. The Kier molecular flexibility index (Phi) is 5.85. The third kappa shape index (κ3) is 4.42. The van der Waals surface area contributed by atoms with Gasteiger partial charge in [-0.1, -0.05) is 25.0 Å². The number of hydrogen-bond donors (Lipinski definition) is 0. The molecule has 1 aliphatic carbocycles. The maximum absolute atomic E-state index is 13.7. The number of nitrogens with zero attached hydrogens (tertiary/aromatic N) is 4. The van der Waals surface area contributed by atoms with E-state index < -0.39 is 0 Å². The molecule has 0 N–H and O–H groups in total. The van der Waals surface area contributed by atoms with Gasteiger partial charge >= 0.3 is 0 Å². The van der Waals surface area contributed by atoms with Gasteiger partial charge < -0.3 is 14.5 Å². The van der Waals surface area contributed by atoms with Crippen molar-refractivity contribution in [3.8, 4) is 0 Å². The maximum Gasteiger partial charge on any atom is 0.225 e. The predicted octanol–water partition coefficient (Wildman–Crippen LogP) is 3.12. The van der Waals surface area contributed by atoms with Gasteiger partial charge in [0, 0.05) is 44.0 Å². The molecule has 0 spiro atoms. The summed E-state index contributed by atoms with van der Waals surface area (Å²) < 4.78 is 19.2. The van der Waals surface area contributed by atoms with E-state index in [-0.39, 0.29) is 11.7 Å². The number of fused-ring (bicyclic) bond motifs is 1. The van der Waals surface area contributed by atoms with E-state index in [1.54, 1.807) is 12.1 Å². The Hall–Kier alpha value is -2.54. The Balaban J connectivity index is 1.45. The fraction of sp³-hybridized carbons (Fsp3) is 0.542. The van der Waals surface area contributed by atoms with Crippen LogP contribution in [0.2, 0.25) is 0 Å². The van der Waals surface area contributed by atoms with Gasteiger partial charge in [0.05, 0.1) is 25.5 Å². The lowest BCUT2D eigenvalue weighted by Gasteiger charge is -2.35. The Morgan fingerprint density at radius 1 is 1.13 bits per heavy atom. The Labute approximate surface area is 182 Å². The van der Waals surface area contributed by atoms with Crippen molar-refractivity contribution in [2.75, 3.05) is 37.7 Å². The van der Waals surface area contributed by atoms with E-state index in [9.17, 15) is 9.18 Å². The zero-order chi connectivity index (χ0) is 21.2. The lowest BCUT2D eigenvalue weighted by Crippen LogP contribution is -2.42. The lowest BCUT2D eigenvalue weighted by molar-refractivity contribution is -0.136. The first-order valence-corrected chi connectivity index (χ1v) is 11.4. The highest BCUT2D eigenvalue weighted by molar-refractivity contribution is 5.79. The Morgan fingerprint density at radius 3 is 2.71 bits per heavy atom. The standard InChI is InChI=1S/C24H29FN4O2/c25-19-7-3-4-17(14-19)15-22-26-21-8-9-29(24(30)18-5-1-2-6-18)16-20(21)23(27-22)28-10-12-31-13-11-28/h3-4,7,14,18H,1-2,5-6,8-13,15-16H2. The number of halogens is 1. The summed E-state index contributed by atoms with van der Waals surface area (Å²) in [4.78, 5) is 27.1. The van der Waals surface area contributed by atoms with Crippen molar-refractivity contribution in [2.24, 2.45) is 5.92 Å². The van der Waals surface area contributed by atoms with Crippen molar-refractivity contribution in [1.29, 1.82) is 0 Å². The van der Waals surface area contributed by atoms with Gasteiger partial charge in [-0.3, -0.25) is 4.79 Å². The van der Waals surface area contributed by atoms with Gasteiger partial charge in [-0.2, -0.15) is 0 Å². The second-order valence-corrected chi connectivity index (χ2v) is 8.79. The number of hydrogen-bond acceptors (Lipinski definition) is 5. The molecule has 2 fully saturated rings. The number of rotatable bonds is 4. The van der Waals surface area contributed by atoms with Crippen LogP contribution in [0.3, 0.4) is 0 Å². The van der Waals surface area contributed by atoms with Gasteiger partial charge in [-0.15, -0.1) is 0 Å². The van der Waals surface area contributed by atoms with Crippen molar-refractivity contribution in [3.63, 3.8) is 0 Å². The monoisotopic (exact) mass is 424 g/mol. The first-order valence-electron chi connectivity index (χ1n) is 11.4. The summed E-state index contributed by atoms with van der Waals surface area (Å²) in [7, 11) is 0. The van der Waals surface area contributed by atoms with E-state index in [0.29, 0.717) is 44.5 Å². The van der Waals surface area contributed by atoms with E-state index in [2.05, 4.69) is 4.90 Å². The van der Waals surface area contributed by atoms with Crippen LogP contribution in [0.25, 0.3) is 0 Å². The van der Waals surface area contributed by atoms with Gasteiger partial charge in [-0.05, 0) is 30.5 Å². The number of anilines is 1. The van der Waals surface area contributed by atoms with Gasteiger partial charge in [0.15, 0.2) is 0 Å². The molecule has 1 saturated heterocycles. The molecule has 0 unspecified atom stereocenters. The molecule has 3 aliphatic rings. The Bertz CT molecular complexity index is 955. The maximum atomic E-state index is 13.7. The van der Waals surface area contributed by atoms with E-state index >= 15 is 0 Å². The smallest absolute Gasteiger partial charge is 0.225 e. The van der Waals surface area contributed by atoms with Crippen molar-refractivity contribution < 1.29 is 13.9 Å². The summed E-state index contributed by atoms with van der Waals surface area (Å²) in [6.45, 7) is 4.18. The summed E-state index contributed by atoms with van der Waals surface area (Å²) in [5.74, 6) is 1.86. The highest BCUT2D eigenvalue weighted by Crippen LogP contribution is 2.32. The third-order valence-electron chi connectivity index (χ3n) is 6.66. The molecule has 2 aliphatic heterocycles. The minimum absolute atomic E-state index is 0.182. The zero-order valence-corrected chi connectivity index (χ0v) is 17.9. The van der Waals surface area contributed by atoms with Crippen molar-refractivity contribution in [1.82, 2.24) is 14.9 Å². The molecule has 0 radical (unpaired) electrons. The minimum Gasteiger partial charge on any atom is -0.378 e. The van der Waals surface area contributed by atoms with E-state index in [4.69, 9.17) is 14.7 Å². The lowest BCUT2D eigenvalue weighted by atomic mass is 10.0. The molecule has 164 valence electrons. The predicted molar refractivity (Wildman–Crippen MR) is 115 cm³/mol. The van der Waals surface area contributed by atoms with Crippen molar-refractivity contribution in [3.05, 3.63) is 52.7 Å². The quantitative estimate of drug-likeness (QED) is 0.755. The highest BCUT2D eigenvalue weighted by atomic mass is 19.1. The van der Waals surface area contributed by atoms with Crippen LogP contribution in [-0.4, -0.2) is 53.6 Å². The average molecular weight is 425 g/mol. The second kappa shape index (κ2) is 8.91. The molecular weight excluding hydrogens is 395 g/mol. The van der Waals surface area contributed by atoms with Crippen molar-refractivity contribution >= 4 is 11.7 Å². The van der Waals surface area contributed by atoms with Crippen molar-refractivity contribution in [2.45, 2.75) is 45.1 Å². The molecule has 0 bridgehead atoms. The van der Waals surface area contributed by atoms with Crippen LogP contribution in [0.1, 0.15) is 48.3 Å². The molecule has 1 aromatic heterocycles. The van der Waals surface area contributed by atoms with Crippen LogP contribution in [0.4, 0.5) is 10.2 Å². The molecule has 1 aromatic carbocycles. The zero-order valence-electron chi connectivity index (χ0n) is 17.9. The summed E-state index contributed by atoms with van der Waals surface area (Å²) >= 11 is 0. The SMILES string of the molecule is O=C(C1CCCC1)N1CCc2nc(Cc3cccc(F)c3)nc(N3CCOCC3)c2C1.